The predicted molar refractivity (Wildman–Crippen MR) is 57.1 cm³/mol. The molecule has 0 fully saturated rings. The summed E-state index contributed by atoms with van der Waals surface area (Å²) in [7, 11) is 0. The molecule has 3 N–H and O–H groups in total. The van der Waals surface area contributed by atoms with E-state index in [-0.39, 0.29) is 10.8 Å². The van der Waals surface area contributed by atoms with Crippen LogP contribution in [0.4, 0.5) is 0 Å². The van der Waals surface area contributed by atoms with Gasteiger partial charge < -0.3 is 10.8 Å². The highest BCUT2D eigenvalue weighted by molar-refractivity contribution is 8.00. The smallest absolute Gasteiger partial charge is 0.316 e. The molecule has 13 heavy (non-hydrogen) atoms. The topological polar surface area (TPSA) is 63.3 Å². The maximum absolute atomic E-state index is 10.7. The number of nitrogens with two attached hydrogens (primary N) is 1. The van der Waals surface area contributed by atoms with Gasteiger partial charge in [0.15, 0.2) is 0 Å². The third-order valence-corrected chi connectivity index (χ3v) is 3.23. The van der Waals surface area contributed by atoms with E-state index in [0.717, 1.165) is 12.8 Å². The molecule has 3 nitrogen and oxygen atoms in total. The summed E-state index contributed by atoms with van der Waals surface area (Å²) in [4.78, 5) is 10.7. The third-order valence-electron chi connectivity index (χ3n) is 1.48. The summed E-state index contributed by atoms with van der Waals surface area (Å²) in [5.74, 6) is -0.0413. The SMILES string of the molecule is CCCC(SCC(C)(C)N)C(=O)O. The van der Waals surface area contributed by atoms with Crippen LogP contribution in [-0.2, 0) is 4.79 Å². The quantitative estimate of drug-likeness (QED) is 0.693. The molecule has 78 valence electrons. The van der Waals surface area contributed by atoms with Gasteiger partial charge >= 0.3 is 5.97 Å². The Kier molecular flexibility index (Phi) is 5.40. The molecule has 0 aromatic heterocycles. The van der Waals surface area contributed by atoms with Crippen LogP contribution in [0.2, 0.25) is 0 Å². The fourth-order valence-corrected chi connectivity index (χ4v) is 2.03. The molecule has 0 saturated heterocycles. The second-order valence-corrected chi connectivity index (χ2v) is 5.11. The van der Waals surface area contributed by atoms with Gasteiger partial charge in [0.25, 0.3) is 0 Å². The minimum atomic E-state index is -0.726. The van der Waals surface area contributed by atoms with Gasteiger partial charge in [0.1, 0.15) is 5.25 Å². The van der Waals surface area contributed by atoms with Crippen molar-refractivity contribution in [1.82, 2.24) is 0 Å². The summed E-state index contributed by atoms with van der Waals surface area (Å²) in [6.07, 6.45) is 1.62. The first-order valence-electron chi connectivity index (χ1n) is 4.50. The number of hydrogen-bond acceptors (Lipinski definition) is 3. The maximum atomic E-state index is 10.7. The van der Waals surface area contributed by atoms with Gasteiger partial charge in [-0.2, -0.15) is 0 Å². The number of thioether (sulfide) groups is 1. The maximum Gasteiger partial charge on any atom is 0.316 e. The summed E-state index contributed by atoms with van der Waals surface area (Å²) in [5.41, 5.74) is 5.48. The van der Waals surface area contributed by atoms with Gasteiger partial charge in [-0.1, -0.05) is 13.3 Å². The standard InChI is InChI=1S/C9H19NO2S/c1-4-5-7(8(11)12)13-6-9(2,3)10/h7H,4-6,10H2,1-3H3,(H,11,12). The van der Waals surface area contributed by atoms with Gasteiger partial charge in [0.2, 0.25) is 0 Å². The van der Waals surface area contributed by atoms with Crippen molar-refractivity contribution in [3.63, 3.8) is 0 Å². The summed E-state index contributed by atoms with van der Waals surface area (Å²) < 4.78 is 0. The molecule has 0 amide bonds. The van der Waals surface area contributed by atoms with Crippen LogP contribution < -0.4 is 5.73 Å². The highest BCUT2D eigenvalue weighted by Gasteiger charge is 2.20. The number of carboxylic acids is 1. The first-order chi connectivity index (χ1) is 5.87. The van der Waals surface area contributed by atoms with Crippen molar-refractivity contribution in [2.24, 2.45) is 5.73 Å². The number of aliphatic carboxylic acids is 1. The van der Waals surface area contributed by atoms with E-state index in [1.54, 1.807) is 0 Å². The summed E-state index contributed by atoms with van der Waals surface area (Å²) in [6.45, 7) is 5.81. The highest BCUT2D eigenvalue weighted by atomic mass is 32.2. The third kappa shape index (κ3) is 6.90. The van der Waals surface area contributed by atoms with Crippen molar-refractivity contribution in [2.45, 2.75) is 44.4 Å². The fourth-order valence-electron chi connectivity index (χ4n) is 0.856. The molecule has 0 heterocycles. The largest absolute Gasteiger partial charge is 0.480 e. The molecule has 0 aliphatic rings. The fraction of sp³-hybridized carbons (Fsp3) is 0.889. The van der Waals surface area contributed by atoms with Gasteiger partial charge in [0.05, 0.1) is 0 Å². The van der Waals surface area contributed by atoms with E-state index in [4.69, 9.17) is 10.8 Å². The zero-order chi connectivity index (χ0) is 10.5. The summed E-state index contributed by atoms with van der Waals surface area (Å²) in [5, 5.41) is 8.54. The van der Waals surface area contributed by atoms with Crippen molar-refractivity contribution in [2.75, 3.05) is 5.75 Å². The molecule has 0 aliphatic carbocycles. The van der Waals surface area contributed by atoms with E-state index >= 15 is 0 Å². The van der Waals surface area contributed by atoms with Crippen molar-refractivity contribution < 1.29 is 9.90 Å². The molecule has 0 saturated carbocycles. The molecule has 1 unspecified atom stereocenters. The number of rotatable bonds is 6. The van der Waals surface area contributed by atoms with Gasteiger partial charge in [-0.15, -0.1) is 11.8 Å². The second kappa shape index (κ2) is 5.50. The normalized spacial score (nSPS) is 14.2. The van der Waals surface area contributed by atoms with Gasteiger partial charge in [-0.05, 0) is 20.3 Å². The van der Waals surface area contributed by atoms with E-state index in [0.29, 0.717) is 5.75 Å². The Labute approximate surface area is 84.1 Å². The van der Waals surface area contributed by atoms with E-state index < -0.39 is 5.97 Å². The van der Waals surface area contributed by atoms with Crippen LogP contribution in [0.5, 0.6) is 0 Å². The van der Waals surface area contributed by atoms with Crippen LogP contribution in [-0.4, -0.2) is 27.6 Å². The molecule has 0 aliphatic heterocycles. The minimum Gasteiger partial charge on any atom is -0.480 e. The average molecular weight is 205 g/mol. The van der Waals surface area contributed by atoms with E-state index in [2.05, 4.69) is 0 Å². The summed E-state index contributed by atoms with van der Waals surface area (Å²) >= 11 is 1.44. The lowest BCUT2D eigenvalue weighted by Gasteiger charge is -2.20. The molecule has 1 atom stereocenters. The van der Waals surface area contributed by atoms with Crippen molar-refractivity contribution >= 4 is 17.7 Å². The first-order valence-corrected chi connectivity index (χ1v) is 5.55. The Morgan fingerprint density at radius 1 is 1.62 bits per heavy atom. The molecule has 0 bridgehead atoms. The molecular weight excluding hydrogens is 186 g/mol. The Morgan fingerprint density at radius 3 is 2.46 bits per heavy atom. The van der Waals surface area contributed by atoms with Crippen LogP contribution >= 0.6 is 11.8 Å². The van der Waals surface area contributed by atoms with Crippen LogP contribution in [0.15, 0.2) is 0 Å². The monoisotopic (exact) mass is 205 g/mol. The van der Waals surface area contributed by atoms with Gasteiger partial charge in [-0.3, -0.25) is 4.79 Å². The Morgan fingerprint density at radius 2 is 2.15 bits per heavy atom. The van der Waals surface area contributed by atoms with Crippen molar-refractivity contribution in [3.8, 4) is 0 Å². The molecule has 0 aromatic rings. The Balaban J connectivity index is 3.90. The lowest BCUT2D eigenvalue weighted by Crippen LogP contribution is -2.36. The zero-order valence-corrected chi connectivity index (χ0v) is 9.36. The molecule has 0 rings (SSSR count). The van der Waals surface area contributed by atoms with Crippen molar-refractivity contribution in [3.05, 3.63) is 0 Å². The highest BCUT2D eigenvalue weighted by Crippen LogP contribution is 2.20. The summed E-state index contributed by atoms with van der Waals surface area (Å²) in [6, 6.07) is 0. The second-order valence-electron chi connectivity index (χ2n) is 3.92. The lowest BCUT2D eigenvalue weighted by molar-refractivity contribution is -0.136. The Hall–Kier alpha value is -0.220. The first kappa shape index (κ1) is 12.8. The van der Waals surface area contributed by atoms with Gasteiger partial charge in [-0.25, -0.2) is 0 Å². The van der Waals surface area contributed by atoms with Crippen molar-refractivity contribution in [1.29, 1.82) is 0 Å². The van der Waals surface area contributed by atoms with E-state index in [1.165, 1.54) is 11.8 Å². The molecular formula is C9H19NO2S. The van der Waals surface area contributed by atoms with Crippen LogP contribution in [0.1, 0.15) is 33.6 Å². The van der Waals surface area contributed by atoms with E-state index in [1.807, 2.05) is 20.8 Å². The molecule has 4 heteroatoms. The number of hydrogen-bond donors (Lipinski definition) is 2. The predicted octanol–water partition coefficient (Wildman–Crippen LogP) is 1.71. The van der Waals surface area contributed by atoms with E-state index in [9.17, 15) is 4.79 Å². The molecule has 0 radical (unpaired) electrons. The Bertz CT molecular complexity index is 165. The lowest BCUT2D eigenvalue weighted by atomic mass is 10.1. The molecule has 0 spiro atoms. The average Bonchev–Trinajstić information content (AvgIpc) is 1.95. The van der Waals surface area contributed by atoms with Gasteiger partial charge in [0, 0.05) is 11.3 Å². The van der Waals surface area contributed by atoms with Crippen LogP contribution in [0.25, 0.3) is 0 Å². The number of carboxylic acid groups (broad SMARTS) is 1. The van der Waals surface area contributed by atoms with Crippen LogP contribution in [0, 0.1) is 0 Å². The number of carbonyl (C=O) groups is 1. The zero-order valence-electron chi connectivity index (χ0n) is 8.54. The van der Waals surface area contributed by atoms with Crippen LogP contribution in [0.3, 0.4) is 0 Å². The minimum absolute atomic E-state index is 0.286. The molecule has 0 aromatic carbocycles.